The molecule has 0 heterocycles. The van der Waals surface area contributed by atoms with Crippen molar-refractivity contribution in [2.24, 2.45) is 0 Å². The van der Waals surface area contributed by atoms with Crippen molar-refractivity contribution >= 4 is 0 Å². The van der Waals surface area contributed by atoms with Gasteiger partial charge in [-0.05, 0) is 49.2 Å². The van der Waals surface area contributed by atoms with Gasteiger partial charge < -0.3 is 9.47 Å². The Morgan fingerprint density at radius 1 is 0.947 bits per heavy atom. The van der Waals surface area contributed by atoms with E-state index in [1.807, 2.05) is 48.5 Å². The Labute approximate surface area is 115 Å². The minimum atomic E-state index is 0.762. The monoisotopic (exact) mass is 255 g/mol. The van der Waals surface area contributed by atoms with Gasteiger partial charge in [0.15, 0.2) is 0 Å². The molecule has 2 aromatic rings. The van der Waals surface area contributed by atoms with Crippen LogP contribution in [0.25, 0.3) is 0 Å². The second-order valence-electron chi connectivity index (χ2n) is 4.38. The van der Waals surface area contributed by atoms with Crippen molar-refractivity contribution < 1.29 is 9.47 Å². The van der Waals surface area contributed by atoms with Crippen LogP contribution in [-0.2, 0) is 0 Å². The normalized spacial score (nSPS) is 10.2. The third-order valence-electron chi connectivity index (χ3n) is 2.79. The molecule has 0 fully saturated rings. The summed E-state index contributed by atoms with van der Waals surface area (Å²) in [6.07, 6.45) is 2.22. The Kier molecular flexibility index (Phi) is 4.85. The molecule has 2 aromatic carbocycles. The molecule has 0 spiro atoms. The fourth-order valence-electron chi connectivity index (χ4n) is 1.67. The summed E-state index contributed by atoms with van der Waals surface area (Å²) in [5, 5.41) is 0. The highest BCUT2D eigenvalue weighted by atomic mass is 16.5. The van der Waals surface area contributed by atoms with Crippen molar-refractivity contribution in [1.29, 1.82) is 0 Å². The summed E-state index contributed by atoms with van der Waals surface area (Å²) in [6, 6.07) is 15.4. The summed E-state index contributed by atoms with van der Waals surface area (Å²) >= 11 is 0. The highest BCUT2D eigenvalue weighted by Crippen LogP contribution is 2.26. The zero-order valence-electron chi connectivity index (χ0n) is 11.3. The molecule has 2 rings (SSSR count). The lowest BCUT2D eigenvalue weighted by Gasteiger charge is -2.09. The van der Waals surface area contributed by atoms with Gasteiger partial charge in [-0.1, -0.05) is 31.5 Å². The van der Waals surface area contributed by atoms with Gasteiger partial charge in [-0.15, -0.1) is 0 Å². The van der Waals surface area contributed by atoms with Crippen LogP contribution in [0.4, 0.5) is 0 Å². The van der Waals surface area contributed by atoms with Crippen LogP contribution in [0.5, 0.6) is 17.2 Å². The van der Waals surface area contributed by atoms with Crippen LogP contribution < -0.4 is 9.47 Å². The molecule has 2 heteroatoms. The molecule has 0 aliphatic heterocycles. The lowest BCUT2D eigenvalue weighted by molar-refractivity contribution is 0.309. The summed E-state index contributed by atoms with van der Waals surface area (Å²) < 4.78 is 11.4. The van der Waals surface area contributed by atoms with E-state index < -0.39 is 0 Å². The Hall–Kier alpha value is -1.96. The van der Waals surface area contributed by atoms with Crippen molar-refractivity contribution in [3.8, 4) is 17.2 Å². The van der Waals surface area contributed by atoms with Gasteiger partial charge in [-0.2, -0.15) is 0 Å². The van der Waals surface area contributed by atoms with E-state index in [4.69, 9.17) is 9.47 Å². The third-order valence-corrected chi connectivity index (χ3v) is 2.79. The first kappa shape index (κ1) is 13.5. The Morgan fingerprint density at radius 3 is 2.32 bits per heavy atom. The first-order chi connectivity index (χ1) is 9.29. The highest BCUT2D eigenvalue weighted by Gasteiger charge is 2.01. The first-order valence-electron chi connectivity index (χ1n) is 6.61. The third kappa shape index (κ3) is 4.02. The average molecular weight is 255 g/mol. The maximum absolute atomic E-state index is 5.77. The molecule has 0 amide bonds. The van der Waals surface area contributed by atoms with E-state index in [-0.39, 0.29) is 0 Å². The van der Waals surface area contributed by atoms with Crippen molar-refractivity contribution in [1.82, 2.24) is 0 Å². The standard InChI is InChI=1S/C17H19O2/c1-3-4-13-18-15-9-11-16(12-10-15)19-17-8-6-5-7-14(17)2/h5-12H,2-4,13H2,1H3. The molecular formula is C17H19O2. The Morgan fingerprint density at radius 2 is 1.63 bits per heavy atom. The Balaban J connectivity index is 1.97. The fourth-order valence-corrected chi connectivity index (χ4v) is 1.67. The molecule has 0 saturated carbocycles. The van der Waals surface area contributed by atoms with E-state index in [1.165, 1.54) is 0 Å². The van der Waals surface area contributed by atoms with Crippen molar-refractivity contribution in [3.63, 3.8) is 0 Å². The molecule has 99 valence electrons. The first-order valence-corrected chi connectivity index (χ1v) is 6.61. The van der Waals surface area contributed by atoms with Crippen LogP contribution in [0.1, 0.15) is 25.3 Å². The van der Waals surface area contributed by atoms with E-state index >= 15 is 0 Å². The SMILES string of the molecule is [CH2]c1ccccc1Oc1ccc(OCCCC)cc1. The van der Waals surface area contributed by atoms with E-state index in [9.17, 15) is 0 Å². The van der Waals surface area contributed by atoms with Gasteiger partial charge in [-0.3, -0.25) is 0 Å². The quantitative estimate of drug-likeness (QED) is 0.688. The number of benzene rings is 2. The fraction of sp³-hybridized carbons (Fsp3) is 0.235. The lowest BCUT2D eigenvalue weighted by atomic mass is 10.2. The number of para-hydroxylation sites is 1. The van der Waals surface area contributed by atoms with Crippen LogP contribution >= 0.6 is 0 Å². The smallest absolute Gasteiger partial charge is 0.130 e. The van der Waals surface area contributed by atoms with Crippen LogP contribution in [0.3, 0.4) is 0 Å². The van der Waals surface area contributed by atoms with Gasteiger partial charge in [0.1, 0.15) is 17.2 Å². The van der Waals surface area contributed by atoms with Crippen molar-refractivity contribution in [3.05, 3.63) is 61.0 Å². The van der Waals surface area contributed by atoms with Gasteiger partial charge >= 0.3 is 0 Å². The summed E-state index contributed by atoms with van der Waals surface area (Å²) in [5.41, 5.74) is 0.880. The van der Waals surface area contributed by atoms with E-state index in [1.54, 1.807) is 0 Å². The molecule has 1 radical (unpaired) electrons. The van der Waals surface area contributed by atoms with E-state index in [0.29, 0.717) is 0 Å². The van der Waals surface area contributed by atoms with Gasteiger partial charge in [-0.25, -0.2) is 0 Å². The van der Waals surface area contributed by atoms with Crippen LogP contribution in [0.2, 0.25) is 0 Å². The van der Waals surface area contributed by atoms with Crippen LogP contribution in [-0.4, -0.2) is 6.61 Å². The number of hydrogen-bond acceptors (Lipinski definition) is 2. The predicted molar refractivity (Wildman–Crippen MR) is 77.8 cm³/mol. The summed E-state index contributed by atoms with van der Waals surface area (Å²) in [7, 11) is 0. The van der Waals surface area contributed by atoms with Gasteiger partial charge in [0, 0.05) is 0 Å². The number of rotatable bonds is 6. The highest BCUT2D eigenvalue weighted by molar-refractivity contribution is 5.40. The number of ether oxygens (including phenoxy) is 2. The minimum Gasteiger partial charge on any atom is -0.494 e. The lowest BCUT2D eigenvalue weighted by Crippen LogP contribution is -1.96. The molecule has 0 bridgehead atoms. The molecule has 0 saturated heterocycles. The van der Waals surface area contributed by atoms with Crippen molar-refractivity contribution in [2.45, 2.75) is 19.8 Å². The second kappa shape index (κ2) is 6.83. The molecule has 0 atom stereocenters. The van der Waals surface area contributed by atoms with Gasteiger partial charge in [0.2, 0.25) is 0 Å². The summed E-state index contributed by atoms with van der Waals surface area (Å²) in [5.74, 6) is 2.45. The minimum absolute atomic E-state index is 0.762. The second-order valence-corrected chi connectivity index (χ2v) is 4.38. The van der Waals surface area contributed by atoms with E-state index in [0.717, 1.165) is 42.3 Å². The zero-order valence-corrected chi connectivity index (χ0v) is 11.3. The van der Waals surface area contributed by atoms with Gasteiger partial charge in [0.25, 0.3) is 0 Å². The molecule has 0 N–H and O–H groups in total. The zero-order chi connectivity index (χ0) is 13.5. The number of unbranched alkanes of at least 4 members (excludes halogenated alkanes) is 1. The molecule has 2 nitrogen and oxygen atoms in total. The molecule has 0 aromatic heterocycles. The molecule has 0 unspecified atom stereocenters. The summed E-state index contributed by atoms with van der Waals surface area (Å²) in [6.45, 7) is 6.85. The van der Waals surface area contributed by atoms with Gasteiger partial charge in [0.05, 0.1) is 6.61 Å². The molecule has 19 heavy (non-hydrogen) atoms. The topological polar surface area (TPSA) is 18.5 Å². The number of hydrogen-bond donors (Lipinski definition) is 0. The molecule has 0 aliphatic rings. The summed E-state index contributed by atoms with van der Waals surface area (Å²) in [4.78, 5) is 0. The Bertz CT molecular complexity index is 503. The average Bonchev–Trinajstić information content (AvgIpc) is 2.44. The van der Waals surface area contributed by atoms with E-state index in [2.05, 4.69) is 13.8 Å². The van der Waals surface area contributed by atoms with Crippen LogP contribution in [0, 0.1) is 6.92 Å². The largest absolute Gasteiger partial charge is 0.494 e. The molecular weight excluding hydrogens is 236 g/mol. The molecule has 0 aliphatic carbocycles. The van der Waals surface area contributed by atoms with Crippen LogP contribution in [0.15, 0.2) is 48.5 Å². The maximum atomic E-state index is 5.77. The van der Waals surface area contributed by atoms with Crippen molar-refractivity contribution in [2.75, 3.05) is 6.61 Å². The maximum Gasteiger partial charge on any atom is 0.130 e. The predicted octanol–water partition coefficient (Wildman–Crippen LogP) is 4.84.